The van der Waals surface area contributed by atoms with Crippen molar-refractivity contribution in [1.82, 2.24) is 9.62 Å². The smallest absolute Gasteiger partial charge is 0.240 e. The zero-order valence-corrected chi connectivity index (χ0v) is 12.2. The summed E-state index contributed by atoms with van der Waals surface area (Å²) in [7, 11) is -3.69. The fourth-order valence-corrected chi connectivity index (χ4v) is 3.56. The fourth-order valence-electron chi connectivity index (χ4n) is 2.21. The first-order valence-electron chi connectivity index (χ1n) is 6.33. The first kappa shape index (κ1) is 14.9. The Morgan fingerprint density at radius 3 is 2.70 bits per heavy atom. The normalized spacial score (nSPS) is 19.4. The first-order chi connectivity index (χ1) is 9.29. The lowest BCUT2D eigenvalue weighted by atomic mass is 10.2. The van der Waals surface area contributed by atoms with E-state index >= 15 is 0 Å². The number of hydrogen-bond acceptors (Lipinski definition) is 3. The van der Waals surface area contributed by atoms with Crippen LogP contribution in [-0.4, -0.2) is 38.4 Å². The van der Waals surface area contributed by atoms with Gasteiger partial charge in [-0.3, -0.25) is 4.79 Å². The molecule has 5 nitrogen and oxygen atoms in total. The highest BCUT2D eigenvalue weighted by atomic mass is 32.2. The maximum Gasteiger partial charge on any atom is 0.240 e. The number of nitrogens with zero attached hydrogens (tertiary/aromatic N) is 1. The molecule has 1 aliphatic heterocycles. The predicted molar refractivity (Wildman–Crippen MR) is 72.1 cm³/mol. The molecule has 2 rings (SSSR count). The molecule has 0 spiro atoms. The molecule has 0 saturated carbocycles. The van der Waals surface area contributed by atoms with Crippen molar-refractivity contribution >= 4 is 15.9 Å². The van der Waals surface area contributed by atoms with Crippen LogP contribution in [0.15, 0.2) is 23.1 Å². The molecule has 1 aromatic rings. The minimum atomic E-state index is -3.69. The second-order valence-corrected chi connectivity index (χ2v) is 6.70. The van der Waals surface area contributed by atoms with Crippen molar-refractivity contribution in [1.29, 1.82) is 0 Å². The van der Waals surface area contributed by atoms with Gasteiger partial charge in [-0.15, -0.1) is 0 Å². The molecule has 1 aliphatic rings. The minimum absolute atomic E-state index is 0.0395. The highest BCUT2D eigenvalue weighted by Gasteiger charge is 2.28. The van der Waals surface area contributed by atoms with Crippen LogP contribution in [0, 0.1) is 12.7 Å². The fraction of sp³-hybridized carbons (Fsp3) is 0.462. The molecule has 7 heteroatoms. The number of nitrogens with one attached hydrogen (secondary N) is 1. The van der Waals surface area contributed by atoms with Gasteiger partial charge in [0.25, 0.3) is 0 Å². The maximum atomic E-state index is 13.2. The zero-order chi connectivity index (χ0) is 14.9. The van der Waals surface area contributed by atoms with Gasteiger partial charge in [0.1, 0.15) is 5.82 Å². The van der Waals surface area contributed by atoms with Crippen LogP contribution < -0.4 is 4.72 Å². The number of hydrogen-bond donors (Lipinski definition) is 1. The number of aryl methyl sites for hydroxylation is 1. The lowest BCUT2D eigenvalue weighted by Crippen LogP contribution is -2.38. The number of carbonyl (C=O) groups is 1. The van der Waals surface area contributed by atoms with Crippen molar-refractivity contribution in [3.8, 4) is 0 Å². The molecule has 1 unspecified atom stereocenters. The van der Waals surface area contributed by atoms with E-state index in [1.54, 1.807) is 4.90 Å². The van der Waals surface area contributed by atoms with Crippen LogP contribution >= 0.6 is 0 Å². The molecular weight excluding hydrogens is 283 g/mol. The van der Waals surface area contributed by atoms with Crippen LogP contribution in [0.4, 0.5) is 4.39 Å². The Labute approximate surface area is 117 Å². The van der Waals surface area contributed by atoms with Gasteiger partial charge >= 0.3 is 0 Å². The molecule has 0 bridgehead atoms. The van der Waals surface area contributed by atoms with Gasteiger partial charge in [-0.05, 0) is 37.1 Å². The van der Waals surface area contributed by atoms with Crippen LogP contribution in [0.3, 0.4) is 0 Å². The Bertz CT molecular complexity index is 631. The molecule has 20 heavy (non-hydrogen) atoms. The Kier molecular flexibility index (Phi) is 4.10. The monoisotopic (exact) mass is 300 g/mol. The van der Waals surface area contributed by atoms with Gasteiger partial charge in [-0.1, -0.05) is 0 Å². The summed E-state index contributed by atoms with van der Waals surface area (Å²) in [5.41, 5.74) is 0.282. The molecule has 0 aliphatic carbocycles. The summed E-state index contributed by atoms with van der Waals surface area (Å²) in [5.74, 6) is -0.503. The van der Waals surface area contributed by atoms with Gasteiger partial charge in [-0.25, -0.2) is 17.5 Å². The highest BCUT2D eigenvalue weighted by Crippen LogP contribution is 2.17. The average Bonchev–Trinajstić information content (AvgIpc) is 2.80. The largest absolute Gasteiger partial charge is 0.341 e. The third-order valence-corrected chi connectivity index (χ3v) is 4.91. The Hall–Kier alpha value is -1.47. The van der Waals surface area contributed by atoms with Crippen molar-refractivity contribution in [2.24, 2.45) is 0 Å². The van der Waals surface area contributed by atoms with Crippen molar-refractivity contribution in [3.05, 3.63) is 29.6 Å². The third-order valence-electron chi connectivity index (χ3n) is 3.40. The van der Waals surface area contributed by atoms with Gasteiger partial charge < -0.3 is 4.90 Å². The van der Waals surface area contributed by atoms with Crippen molar-refractivity contribution in [2.75, 3.05) is 13.1 Å². The SMILES string of the molecule is CC(=O)N1CCC(NS(=O)(=O)c2ccc(F)c(C)c2)C1. The number of benzene rings is 1. The lowest BCUT2D eigenvalue weighted by Gasteiger charge is -2.15. The van der Waals surface area contributed by atoms with E-state index in [-0.39, 0.29) is 22.4 Å². The van der Waals surface area contributed by atoms with Crippen LogP contribution in [0.2, 0.25) is 0 Å². The van der Waals surface area contributed by atoms with Crippen LogP contribution in [0.25, 0.3) is 0 Å². The number of rotatable bonds is 3. The summed E-state index contributed by atoms with van der Waals surface area (Å²) in [4.78, 5) is 12.9. The van der Waals surface area contributed by atoms with Crippen LogP contribution in [0.5, 0.6) is 0 Å². The molecule has 1 N–H and O–H groups in total. The summed E-state index contributed by atoms with van der Waals surface area (Å²) in [6.07, 6.45) is 0.582. The molecule has 110 valence electrons. The molecule has 0 aromatic heterocycles. The van der Waals surface area contributed by atoms with E-state index in [0.717, 1.165) is 6.07 Å². The summed E-state index contributed by atoms with van der Waals surface area (Å²) in [5, 5.41) is 0. The second-order valence-electron chi connectivity index (χ2n) is 4.98. The Morgan fingerprint density at radius 1 is 1.45 bits per heavy atom. The number of sulfonamides is 1. The van der Waals surface area contributed by atoms with Gasteiger partial charge in [0, 0.05) is 26.1 Å². The number of halogens is 1. The second kappa shape index (κ2) is 5.49. The predicted octanol–water partition coefficient (Wildman–Crippen LogP) is 1.03. The quantitative estimate of drug-likeness (QED) is 0.907. The minimum Gasteiger partial charge on any atom is -0.341 e. The summed E-state index contributed by atoms with van der Waals surface area (Å²) < 4.78 is 40.1. The Morgan fingerprint density at radius 2 is 2.15 bits per heavy atom. The van der Waals surface area contributed by atoms with E-state index in [1.807, 2.05) is 0 Å². The molecule has 0 radical (unpaired) electrons. The van der Waals surface area contributed by atoms with E-state index in [1.165, 1.54) is 26.0 Å². The number of carbonyl (C=O) groups excluding carboxylic acids is 1. The first-order valence-corrected chi connectivity index (χ1v) is 7.82. The van der Waals surface area contributed by atoms with Crippen LogP contribution in [-0.2, 0) is 14.8 Å². The molecular formula is C13H17FN2O3S. The standard InChI is InChI=1S/C13H17FN2O3S/c1-9-7-12(3-4-13(9)14)20(18,19)15-11-5-6-16(8-11)10(2)17/h3-4,7,11,15H,5-6,8H2,1-2H3. The summed E-state index contributed by atoms with van der Waals surface area (Å²) in [6.45, 7) is 3.89. The highest BCUT2D eigenvalue weighted by molar-refractivity contribution is 7.89. The van der Waals surface area contributed by atoms with E-state index in [4.69, 9.17) is 0 Å². The van der Waals surface area contributed by atoms with Gasteiger partial charge in [0.2, 0.25) is 15.9 Å². The summed E-state index contributed by atoms with van der Waals surface area (Å²) >= 11 is 0. The lowest BCUT2D eigenvalue weighted by molar-refractivity contribution is -0.127. The van der Waals surface area contributed by atoms with Crippen molar-refractivity contribution < 1.29 is 17.6 Å². The van der Waals surface area contributed by atoms with E-state index < -0.39 is 15.8 Å². The number of amides is 1. The third kappa shape index (κ3) is 3.16. The molecule has 1 aromatic carbocycles. The molecule has 1 heterocycles. The maximum absolute atomic E-state index is 13.2. The van der Waals surface area contributed by atoms with Gasteiger partial charge in [0.15, 0.2) is 0 Å². The number of likely N-dealkylation sites (tertiary alicyclic amines) is 1. The molecule has 1 fully saturated rings. The molecule has 1 atom stereocenters. The Balaban J connectivity index is 2.12. The van der Waals surface area contributed by atoms with Crippen molar-refractivity contribution in [2.45, 2.75) is 31.2 Å². The van der Waals surface area contributed by atoms with E-state index in [9.17, 15) is 17.6 Å². The molecule has 1 amide bonds. The summed E-state index contributed by atoms with van der Waals surface area (Å²) in [6, 6.07) is 3.38. The van der Waals surface area contributed by atoms with Gasteiger partial charge in [-0.2, -0.15) is 0 Å². The zero-order valence-electron chi connectivity index (χ0n) is 11.4. The van der Waals surface area contributed by atoms with E-state index in [2.05, 4.69) is 4.72 Å². The van der Waals surface area contributed by atoms with Crippen molar-refractivity contribution in [3.63, 3.8) is 0 Å². The van der Waals surface area contributed by atoms with Gasteiger partial charge in [0.05, 0.1) is 4.90 Å². The molecule has 1 saturated heterocycles. The topological polar surface area (TPSA) is 66.5 Å². The average molecular weight is 300 g/mol. The van der Waals surface area contributed by atoms with Crippen LogP contribution in [0.1, 0.15) is 18.9 Å². The van der Waals surface area contributed by atoms with E-state index in [0.29, 0.717) is 19.5 Å².